The van der Waals surface area contributed by atoms with Crippen LogP contribution in [-0.4, -0.2) is 63.1 Å². The first-order valence-electron chi connectivity index (χ1n) is 5.12. The van der Waals surface area contributed by atoms with Gasteiger partial charge in [0.05, 0.1) is 29.1 Å². The zero-order chi connectivity index (χ0) is 12.0. The molecule has 0 aromatic rings. The molecule has 16 heavy (non-hydrogen) atoms. The van der Waals surface area contributed by atoms with Gasteiger partial charge in [-0.2, -0.15) is 0 Å². The van der Waals surface area contributed by atoms with E-state index >= 15 is 0 Å². The summed E-state index contributed by atoms with van der Waals surface area (Å²) < 4.78 is 44.9. The van der Waals surface area contributed by atoms with Crippen molar-refractivity contribution in [2.45, 2.75) is 24.6 Å². The second-order valence-corrected chi connectivity index (χ2v) is 8.90. The molecule has 0 aromatic carbocycles. The molecule has 2 aliphatic rings. The Morgan fingerprint density at radius 3 is 2.12 bits per heavy atom. The molecule has 0 amide bonds. The number of aliphatic hydroxyl groups is 1. The summed E-state index contributed by atoms with van der Waals surface area (Å²) in [5, 5.41) is 12.5. The van der Waals surface area contributed by atoms with E-state index in [1.165, 1.54) is 0 Å². The summed E-state index contributed by atoms with van der Waals surface area (Å²) in [6.07, 6.45) is -0.431. The summed E-state index contributed by atoms with van der Waals surface area (Å²) in [4.78, 5) is 0. The largest absolute Gasteiger partial charge is 0.390 e. The van der Waals surface area contributed by atoms with Crippen molar-refractivity contribution in [1.29, 1.82) is 0 Å². The summed E-state index contributed by atoms with van der Waals surface area (Å²) in [7, 11) is -6.15. The van der Waals surface area contributed by atoms with Gasteiger partial charge in [-0.1, -0.05) is 0 Å². The van der Waals surface area contributed by atoms with E-state index in [0.29, 0.717) is 6.42 Å². The second-order valence-electron chi connectivity index (χ2n) is 4.52. The van der Waals surface area contributed by atoms with Crippen molar-refractivity contribution in [3.8, 4) is 0 Å². The van der Waals surface area contributed by atoms with Gasteiger partial charge >= 0.3 is 0 Å². The molecule has 8 heteroatoms. The van der Waals surface area contributed by atoms with Gasteiger partial charge in [-0.3, -0.25) is 0 Å². The van der Waals surface area contributed by atoms with Crippen molar-refractivity contribution in [3.63, 3.8) is 0 Å². The standard InChI is InChI=1S/C8H15NO5S2/c10-8-5-16(13,14)4-7(8)9-6-1-2-15(11,12)3-6/h6-10H,1-5H2. The average Bonchev–Trinajstić information content (AvgIpc) is 2.53. The normalized spacial score (nSPS) is 41.2. The molecule has 0 saturated carbocycles. The Kier molecular flexibility index (Phi) is 3.02. The SMILES string of the molecule is O=S1(=O)CCC(NC2CS(=O)(=O)CC2O)C1. The van der Waals surface area contributed by atoms with Crippen LogP contribution in [0, 0.1) is 0 Å². The van der Waals surface area contributed by atoms with E-state index in [2.05, 4.69) is 5.32 Å². The maximum absolute atomic E-state index is 11.2. The zero-order valence-corrected chi connectivity index (χ0v) is 10.3. The molecule has 0 aromatic heterocycles. The van der Waals surface area contributed by atoms with Crippen LogP contribution in [0.2, 0.25) is 0 Å². The van der Waals surface area contributed by atoms with Crippen LogP contribution in [0.4, 0.5) is 0 Å². The molecule has 3 atom stereocenters. The van der Waals surface area contributed by atoms with Crippen molar-refractivity contribution in [1.82, 2.24) is 5.32 Å². The van der Waals surface area contributed by atoms with Crippen molar-refractivity contribution >= 4 is 19.7 Å². The lowest BCUT2D eigenvalue weighted by molar-refractivity contribution is 0.160. The Labute approximate surface area is 94.9 Å². The third-order valence-corrected chi connectivity index (χ3v) is 6.49. The minimum absolute atomic E-state index is 0.0380. The number of sulfone groups is 2. The fourth-order valence-corrected chi connectivity index (χ4v) is 5.66. The Bertz CT molecular complexity index is 469. The van der Waals surface area contributed by atoms with Crippen LogP contribution in [0.3, 0.4) is 0 Å². The first-order chi connectivity index (χ1) is 7.27. The molecule has 2 N–H and O–H groups in total. The van der Waals surface area contributed by atoms with Crippen LogP contribution >= 0.6 is 0 Å². The molecule has 0 spiro atoms. The first kappa shape index (κ1) is 12.3. The van der Waals surface area contributed by atoms with Gasteiger partial charge in [-0.05, 0) is 6.42 Å². The van der Waals surface area contributed by atoms with E-state index in [9.17, 15) is 21.9 Å². The average molecular weight is 269 g/mol. The molecule has 0 bridgehead atoms. The van der Waals surface area contributed by atoms with Crippen molar-refractivity contribution in [2.75, 3.05) is 23.0 Å². The third-order valence-electron chi connectivity index (χ3n) is 3.00. The van der Waals surface area contributed by atoms with E-state index in [4.69, 9.17) is 0 Å². The number of hydrogen-bond donors (Lipinski definition) is 2. The molecule has 2 rings (SSSR count). The molecular weight excluding hydrogens is 254 g/mol. The van der Waals surface area contributed by atoms with Crippen molar-refractivity contribution < 1.29 is 21.9 Å². The van der Waals surface area contributed by atoms with E-state index in [1.807, 2.05) is 0 Å². The summed E-state index contributed by atoms with van der Waals surface area (Å²) in [6.45, 7) is 0. The minimum Gasteiger partial charge on any atom is -0.390 e. The van der Waals surface area contributed by atoms with E-state index < -0.39 is 31.8 Å². The molecule has 2 aliphatic heterocycles. The van der Waals surface area contributed by atoms with Crippen molar-refractivity contribution in [2.24, 2.45) is 0 Å². The summed E-state index contributed by atoms with van der Waals surface area (Å²) in [6, 6.07) is -0.749. The topological polar surface area (TPSA) is 101 Å². The molecule has 2 saturated heterocycles. The van der Waals surface area contributed by atoms with Crippen LogP contribution in [0.1, 0.15) is 6.42 Å². The van der Waals surface area contributed by atoms with Gasteiger partial charge in [-0.15, -0.1) is 0 Å². The van der Waals surface area contributed by atoms with Gasteiger partial charge in [0, 0.05) is 12.1 Å². The van der Waals surface area contributed by atoms with E-state index in [1.54, 1.807) is 0 Å². The van der Waals surface area contributed by atoms with Gasteiger partial charge in [0.2, 0.25) is 0 Å². The highest BCUT2D eigenvalue weighted by Crippen LogP contribution is 2.17. The summed E-state index contributed by atoms with van der Waals surface area (Å²) in [5.41, 5.74) is 0. The monoisotopic (exact) mass is 269 g/mol. The quantitative estimate of drug-likeness (QED) is 0.597. The maximum atomic E-state index is 11.2. The fraction of sp³-hybridized carbons (Fsp3) is 1.00. The lowest BCUT2D eigenvalue weighted by atomic mass is 10.1. The Morgan fingerprint density at radius 2 is 1.69 bits per heavy atom. The third kappa shape index (κ3) is 2.73. The Hall–Kier alpha value is -0.180. The van der Waals surface area contributed by atoms with Gasteiger partial charge < -0.3 is 10.4 Å². The van der Waals surface area contributed by atoms with E-state index in [-0.39, 0.29) is 29.1 Å². The van der Waals surface area contributed by atoms with Crippen LogP contribution in [0.15, 0.2) is 0 Å². The molecule has 2 heterocycles. The molecule has 3 unspecified atom stereocenters. The van der Waals surface area contributed by atoms with Crippen LogP contribution in [0.5, 0.6) is 0 Å². The number of aliphatic hydroxyl groups excluding tert-OH is 1. The lowest BCUT2D eigenvalue weighted by Crippen LogP contribution is -2.45. The zero-order valence-electron chi connectivity index (χ0n) is 8.66. The Morgan fingerprint density at radius 1 is 1.00 bits per heavy atom. The van der Waals surface area contributed by atoms with Crippen molar-refractivity contribution in [3.05, 3.63) is 0 Å². The van der Waals surface area contributed by atoms with Gasteiger partial charge in [0.15, 0.2) is 19.7 Å². The van der Waals surface area contributed by atoms with Crippen LogP contribution in [0.25, 0.3) is 0 Å². The smallest absolute Gasteiger partial charge is 0.154 e. The molecule has 0 aliphatic carbocycles. The number of hydrogen-bond acceptors (Lipinski definition) is 6. The summed E-state index contributed by atoms with van der Waals surface area (Å²) in [5.74, 6) is -0.161. The molecular formula is C8H15NO5S2. The van der Waals surface area contributed by atoms with Gasteiger partial charge in [0.1, 0.15) is 0 Å². The minimum atomic E-state index is -3.18. The highest BCUT2D eigenvalue weighted by molar-refractivity contribution is 7.92. The fourth-order valence-electron chi connectivity index (χ4n) is 2.22. The highest BCUT2D eigenvalue weighted by atomic mass is 32.2. The predicted octanol–water partition coefficient (Wildman–Crippen LogP) is -2.08. The Balaban J connectivity index is 1.97. The molecule has 0 radical (unpaired) electrons. The molecule has 6 nitrogen and oxygen atoms in total. The van der Waals surface area contributed by atoms with Crippen LogP contribution in [-0.2, 0) is 19.7 Å². The molecule has 94 valence electrons. The maximum Gasteiger partial charge on any atom is 0.154 e. The lowest BCUT2D eigenvalue weighted by Gasteiger charge is -2.19. The van der Waals surface area contributed by atoms with Crippen LogP contribution < -0.4 is 5.32 Å². The van der Waals surface area contributed by atoms with Gasteiger partial charge in [-0.25, -0.2) is 16.8 Å². The number of nitrogens with one attached hydrogen (secondary N) is 1. The second kappa shape index (κ2) is 3.94. The van der Waals surface area contributed by atoms with Gasteiger partial charge in [0.25, 0.3) is 0 Å². The van der Waals surface area contributed by atoms with E-state index in [0.717, 1.165) is 0 Å². The summed E-state index contributed by atoms with van der Waals surface area (Å²) >= 11 is 0. The number of rotatable bonds is 2. The predicted molar refractivity (Wildman–Crippen MR) is 58.6 cm³/mol. The highest BCUT2D eigenvalue weighted by Gasteiger charge is 2.39. The molecule has 2 fully saturated rings. The first-order valence-corrected chi connectivity index (χ1v) is 8.77.